The molecule has 0 unspecified atom stereocenters. The van der Waals surface area contributed by atoms with Gasteiger partial charge in [-0.1, -0.05) is 12.1 Å². The van der Waals surface area contributed by atoms with Gasteiger partial charge >= 0.3 is 0 Å². The van der Waals surface area contributed by atoms with Crippen LogP contribution in [0.3, 0.4) is 0 Å². The number of hydrogen-bond acceptors (Lipinski definition) is 5. The van der Waals surface area contributed by atoms with E-state index in [-0.39, 0.29) is 0 Å². The SMILES string of the molecule is COCCN(CCCc1nc2ccccc2o1)CCOC. The van der Waals surface area contributed by atoms with Crippen molar-refractivity contribution in [2.24, 2.45) is 0 Å². The minimum absolute atomic E-state index is 0.743. The molecule has 1 aromatic heterocycles. The summed E-state index contributed by atoms with van der Waals surface area (Å²) in [5.41, 5.74) is 1.80. The average Bonchev–Trinajstić information content (AvgIpc) is 2.92. The van der Waals surface area contributed by atoms with Gasteiger partial charge in [0.25, 0.3) is 0 Å². The van der Waals surface area contributed by atoms with Crippen molar-refractivity contribution in [1.82, 2.24) is 9.88 Å². The van der Waals surface area contributed by atoms with E-state index in [9.17, 15) is 0 Å². The van der Waals surface area contributed by atoms with Crippen LogP contribution in [0.1, 0.15) is 12.3 Å². The minimum atomic E-state index is 0.743. The number of benzene rings is 1. The third-order valence-corrected chi connectivity index (χ3v) is 3.43. The zero-order valence-electron chi connectivity index (χ0n) is 12.9. The number of ether oxygens (including phenoxy) is 2. The predicted octanol–water partition coefficient (Wildman–Crippen LogP) is 2.36. The smallest absolute Gasteiger partial charge is 0.195 e. The van der Waals surface area contributed by atoms with Crippen LogP contribution in [0.5, 0.6) is 0 Å². The first-order valence-electron chi connectivity index (χ1n) is 7.38. The average molecular weight is 292 g/mol. The molecule has 1 heterocycles. The molecular weight excluding hydrogens is 268 g/mol. The molecule has 0 radical (unpaired) electrons. The van der Waals surface area contributed by atoms with Crippen LogP contribution in [0.2, 0.25) is 0 Å². The van der Waals surface area contributed by atoms with E-state index in [1.807, 2.05) is 24.3 Å². The molecule has 0 fully saturated rings. The molecule has 0 aliphatic rings. The van der Waals surface area contributed by atoms with Gasteiger partial charge in [-0.25, -0.2) is 4.98 Å². The Balaban J connectivity index is 1.80. The molecule has 21 heavy (non-hydrogen) atoms. The molecule has 2 aromatic rings. The number of nitrogens with zero attached hydrogens (tertiary/aromatic N) is 2. The Morgan fingerprint density at radius 2 is 1.76 bits per heavy atom. The summed E-state index contributed by atoms with van der Waals surface area (Å²) >= 11 is 0. The summed E-state index contributed by atoms with van der Waals surface area (Å²) in [4.78, 5) is 6.84. The van der Waals surface area contributed by atoms with Gasteiger partial charge < -0.3 is 13.9 Å². The zero-order valence-corrected chi connectivity index (χ0v) is 12.9. The minimum Gasteiger partial charge on any atom is -0.441 e. The molecule has 0 aliphatic heterocycles. The fourth-order valence-electron chi connectivity index (χ4n) is 2.26. The van der Waals surface area contributed by atoms with E-state index in [4.69, 9.17) is 13.9 Å². The van der Waals surface area contributed by atoms with Gasteiger partial charge in [0, 0.05) is 33.7 Å². The molecule has 0 aliphatic carbocycles. The maximum Gasteiger partial charge on any atom is 0.195 e. The summed E-state index contributed by atoms with van der Waals surface area (Å²) in [5, 5.41) is 0. The number of para-hydroxylation sites is 2. The second-order valence-electron chi connectivity index (χ2n) is 5.01. The molecule has 5 heteroatoms. The van der Waals surface area contributed by atoms with Gasteiger partial charge in [-0.15, -0.1) is 0 Å². The summed E-state index contributed by atoms with van der Waals surface area (Å²) in [7, 11) is 3.46. The molecule has 2 rings (SSSR count). The normalized spacial score (nSPS) is 11.6. The number of rotatable bonds is 10. The molecule has 0 spiro atoms. The molecule has 0 bridgehead atoms. The van der Waals surface area contributed by atoms with E-state index >= 15 is 0 Å². The Bertz CT molecular complexity index is 486. The molecule has 0 saturated heterocycles. The Labute approximate surface area is 125 Å². The molecule has 0 N–H and O–H groups in total. The Morgan fingerprint density at radius 3 is 2.43 bits per heavy atom. The molecule has 116 valence electrons. The van der Waals surface area contributed by atoms with Crippen molar-refractivity contribution in [1.29, 1.82) is 0 Å². The molecule has 1 aromatic carbocycles. The Kier molecular flexibility index (Phi) is 6.66. The Hall–Kier alpha value is -1.43. The molecule has 5 nitrogen and oxygen atoms in total. The highest BCUT2D eigenvalue weighted by molar-refractivity contribution is 5.72. The lowest BCUT2D eigenvalue weighted by Crippen LogP contribution is -2.31. The standard InChI is InChI=1S/C16H24N2O3/c1-19-12-10-18(11-13-20-2)9-5-8-16-17-14-6-3-4-7-15(14)21-16/h3-4,6-7H,5,8-13H2,1-2H3. The maximum atomic E-state index is 5.73. The van der Waals surface area contributed by atoms with Crippen molar-refractivity contribution < 1.29 is 13.9 Å². The number of oxazole rings is 1. The van der Waals surface area contributed by atoms with Crippen LogP contribution in [0.15, 0.2) is 28.7 Å². The number of aromatic nitrogens is 1. The third kappa shape index (κ3) is 5.12. The van der Waals surface area contributed by atoms with Crippen LogP contribution in [-0.2, 0) is 15.9 Å². The summed E-state index contributed by atoms with van der Waals surface area (Å²) in [5.74, 6) is 0.814. The van der Waals surface area contributed by atoms with Crippen LogP contribution in [0.25, 0.3) is 11.1 Å². The van der Waals surface area contributed by atoms with Crippen molar-refractivity contribution in [3.63, 3.8) is 0 Å². The van der Waals surface area contributed by atoms with Crippen molar-refractivity contribution in [3.05, 3.63) is 30.2 Å². The van der Waals surface area contributed by atoms with Crippen molar-refractivity contribution in [2.45, 2.75) is 12.8 Å². The first-order valence-corrected chi connectivity index (χ1v) is 7.38. The van der Waals surface area contributed by atoms with E-state index < -0.39 is 0 Å². The number of methoxy groups -OCH3 is 2. The number of aryl methyl sites for hydroxylation is 1. The molecule has 0 atom stereocenters. The van der Waals surface area contributed by atoms with Crippen LogP contribution in [0.4, 0.5) is 0 Å². The topological polar surface area (TPSA) is 47.7 Å². The summed E-state index contributed by atoms with van der Waals surface area (Å²) in [6, 6.07) is 7.88. The van der Waals surface area contributed by atoms with Gasteiger partial charge in [0.1, 0.15) is 5.52 Å². The van der Waals surface area contributed by atoms with E-state index in [0.717, 1.165) is 62.7 Å². The first-order chi connectivity index (χ1) is 10.3. The van der Waals surface area contributed by atoms with Crippen molar-refractivity contribution in [2.75, 3.05) is 47.1 Å². The highest BCUT2D eigenvalue weighted by Gasteiger charge is 2.08. The fraction of sp³-hybridized carbons (Fsp3) is 0.562. The maximum absolute atomic E-state index is 5.73. The van der Waals surface area contributed by atoms with Crippen LogP contribution < -0.4 is 0 Å². The lowest BCUT2D eigenvalue weighted by atomic mass is 10.3. The summed E-state index contributed by atoms with van der Waals surface area (Å²) in [6.07, 6.45) is 1.87. The predicted molar refractivity (Wildman–Crippen MR) is 82.5 cm³/mol. The lowest BCUT2D eigenvalue weighted by Gasteiger charge is -2.21. The first kappa shape index (κ1) is 15.9. The monoisotopic (exact) mass is 292 g/mol. The van der Waals surface area contributed by atoms with E-state index in [1.54, 1.807) is 14.2 Å². The van der Waals surface area contributed by atoms with Gasteiger partial charge in [-0.3, -0.25) is 4.90 Å². The van der Waals surface area contributed by atoms with Gasteiger partial charge in [0.15, 0.2) is 11.5 Å². The van der Waals surface area contributed by atoms with Gasteiger partial charge in [0.2, 0.25) is 0 Å². The molecule has 0 saturated carbocycles. The summed E-state index contributed by atoms with van der Waals surface area (Å²) in [6.45, 7) is 4.32. The van der Waals surface area contributed by atoms with Gasteiger partial charge in [0.05, 0.1) is 13.2 Å². The van der Waals surface area contributed by atoms with Crippen LogP contribution in [-0.4, -0.2) is 57.0 Å². The van der Waals surface area contributed by atoms with Crippen LogP contribution >= 0.6 is 0 Å². The lowest BCUT2D eigenvalue weighted by molar-refractivity contribution is 0.113. The molecular formula is C16H24N2O3. The Morgan fingerprint density at radius 1 is 1.05 bits per heavy atom. The second kappa shape index (κ2) is 8.77. The quantitative estimate of drug-likeness (QED) is 0.673. The summed E-state index contributed by atoms with van der Waals surface area (Å²) < 4.78 is 16.0. The van der Waals surface area contributed by atoms with Crippen molar-refractivity contribution in [3.8, 4) is 0 Å². The van der Waals surface area contributed by atoms with E-state index in [0.29, 0.717) is 0 Å². The molecule has 0 amide bonds. The number of fused-ring (bicyclic) bond motifs is 1. The van der Waals surface area contributed by atoms with E-state index in [2.05, 4.69) is 9.88 Å². The highest BCUT2D eigenvalue weighted by atomic mass is 16.5. The zero-order chi connectivity index (χ0) is 14.9. The number of hydrogen-bond donors (Lipinski definition) is 0. The highest BCUT2D eigenvalue weighted by Crippen LogP contribution is 2.15. The van der Waals surface area contributed by atoms with E-state index in [1.165, 1.54) is 0 Å². The third-order valence-electron chi connectivity index (χ3n) is 3.43. The van der Waals surface area contributed by atoms with Crippen molar-refractivity contribution >= 4 is 11.1 Å². The van der Waals surface area contributed by atoms with Gasteiger partial charge in [-0.05, 0) is 25.1 Å². The van der Waals surface area contributed by atoms with Gasteiger partial charge in [-0.2, -0.15) is 0 Å². The fourth-order valence-corrected chi connectivity index (χ4v) is 2.26. The largest absolute Gasteiger partial charge is 0.441 e. The van der Waals surface area contributed by atoms with Crippen LogP contribution in [0, 0.1) is 0 Å². The second-order valence-corrected chi connectivity index (χ2v) is 5.01.